The van der Waals surface area contributed by atoms with Crippen molar-refractivity contribution in [2.45, 2.75) is 6.92 Å². The molecular formula is C17H19NO5. The lowest BCUT2D eigenvalue weighted by molar-refractivity contribution is 0.0690. The lowest BCUT2D eigenvalue weighted by Gasteiger charge is -2.03. The number of aromatic carboxylic acids is 1. The number of benzene rings is 2. The molecule has 0 bridgehead atoms. The van der Waals surface area contributed by atoms with Crippen molar-refractivity contribution in [2.75, 3.05) is 19.0 Å². The maximum absolute atomic E-state index is 10.5. The van der Waals surface area contributed by atoms with Gasteiger partial charge in [0.15, 0.2) is 6.29 Å². The van der Waals surface area contributed by atoms with E-state index in [-0.39, 0.29) is 11.1 Å². The van der Waals surface area contributed by atoms with Crippen LogP contribution in [-0.2, 0) is 0 Å². The second-order valence-corrected chi connectivity index (χ2v) is 4.37. The van der Waals surface area contributed by atoms with Crippen LogP contribution in [0.25, 0.3) is 0 Å². The molecule has 0 radical (unpaired) electrons. The van der Waals surface area contributed by atoms with Gasteiger partial charge >= 0.3 is 5.97 Å². The Morgan fingerprint density at radius 1 is 1.22 bits per heavy atom. The fourth-order valence-corrected chi connectivity index (χ4v) is 1.77. The zero-order chi connectivity index (χ0) is 17.2. The molecule has 0 spiro atoms. The molecule has 0 fully saturated rings. The third-order valence-corrected chi connectivity index (χ3v) is 2.87. The van der Waals surface area contributed by atoms with Gasteiger partial charge in [-0.05, 0) is 37.3 Å². The van der Waals surface area contributed by atoms with Gasteiger partial charge in [0.1, 0.15) is 17.1 Å². The fraction of sp³-hybridized carbons (Fsp3) is 0.176. The van der Waals surface area contributed by atoms with Gasteiger partial charge in [-0.3, -0.25) is 4.79 Å². The van der Waals surface area contributed by atoms with E-state index in [4.69, 9.17) is 14.9 Å². The van der Waals surface area contributed by atoms with Crippen LogP contribution in [0, 0.1) is 0 Å². The predicted molar refractivity (Wildman–Crippen MR) is 87.6 cm³/mol. The fourth-order valence-electron chi connectivity index (χ4n) is 1.77. The van der Waals surface area contributed by atoms with Crippen molar-refractivity contribution in [2.24, 2.45) is 0 Å². The minimum absolute atomic E-state index is 0.0255. The molecule has 0 aromatic heterocycles. The highest BCUT2D eigenvalue weighted by atomic mass is 16.5. The van der Waals surface area contributed by atoms with Crippen molar-refractivity contribution in [3.05, 3.63) is 53.6 Å². The summed E-state index contributed by atoms with van der Waals surface area (Å²) in [5.74, 6) is -0.784. The Hall–Kier alpha value is -3.02. The minimum Gasteiger partial charge on any atom is -0.507 e. The number of hydrogen-bond donors (Lipinski definition) is 3. The van der Waals surface area contributed by atoms with Crippen molar-refractivity contribution in [3.8, 4) is 11.5 Å². The highest BCUT2D eigenvalue weighted by molar-refractivity contribution is 5.99. The summed E-state index contributed by atoms with van der Waals surface area (Å²) < 4.78 is 5.28. The van der Waals surface area contributed by atoms with Crippen LogP contribution in [0.1, 0.15) is 27.6 Å². The molecule has 6 nitrogen and oxygen atoms in total. The average molecular weight is 317 g/mol. The number of carboxylic acids is 1. The molecule has 122 valence electrons. The highest BCUT2D eigenvalue weighted by Gasteiger charge is 2.13. The van der Waals surface area contributed by atoms with Gasteiger partial charge in [-0.25, -0.2) is 4.79 Å². The number of carbonyl (C=O) groups excluding carboxylic acids is 1. The smallest absolute Gasteiger partial charge is 0.340 e. The Morgan fingerprint density at radius 2 is 1.87 bits per heavy atom. The molecule has 0 saturated heterocycles. The van der Waals surface area contributed by atoms with Crippen molar-refractivity contribution in [1.29, 1.82) is 0 Å². The maximum atomic E-state index is 10.5. The molecule has 0 aliphatic heterocycles. The van der Waals surface area contributed by atoms with E-state index in [1.54, 1.807) is 0 Å². The second-order valence-electron chi connectivity index (χ2n) is 4.37. The number of aromatic hydroxyl groups is 1. The Balaban J connectivity index is 0.000000231. The number of carboxylic acid groups (broad SMARTS) is 1. The van der Waals surface area contributed by atoms with Crippen molar-refractivity contribution >= 4 is 17.9 Å². The van der Waals surface area contributed by atoms with Crippen LogP contribution in [0.5, 0.6) is 11.5 Å². The van der Waals surface area contributed by atoms with Crippen LogP contribution in [0.15, 0.2) is 42.5 Å². The summed E-state index contributed by atoms with van der Waals surface area (Å²) in [6.07, 6.45) is 0.392. The highest BCUT2D eigenvalue weighted by Crippen LogP contribution is 2.19. The van der Waals surface area contributed by atoms with Gasteiger partial charge in [-0.2, -0.15) is 0 Å². The lowest BCUT2D eigenvalue weighted by atomic mass is 10.1. The Labute approximate surface area is 134 Å². The summed E-state index contributed by atoms with van der Waals surface area (Å²) in [5, 5.41) is 20.7. The Kier molecular flexibility index (Phi) is 7.13. The number of ether oxygens (including phenoxy) is 1. The first-order valence-electron chi connectivity index (χ1n) is 6.94. The molecule has 2 rings (SSSR count). The number of carbonyl (C=O) groups is 2. The Bertz CT molecular complexity index is 653. The minimum atomic E-state index is -1.31. The molecule has 2 aromatic rings. The van der Waals surface area contributed by atoms with E-state index in [0.29, 0.717) is 6.29 Å². The number of hydrogen-bond acceptors (Lipinski definition) is 5. The van der Waals surface area contributed by atoms with Crippen LogP contribution >= 0.6 is 0 Å². The van der Waals surface area contributed by atoms with Gasteiger partial charge in [0.25, 0.3) is 0 Å². The molecule has 3 N–H and O–H groups in total. The Morgan fingerprint density at radius 3 is 2.30 bits per heavy atom. The molecule has 0 unspecified atom stereocenters. The van der Waals surface area contributed by atoms with E-state index in [2.05, 4.69) is 5.32 Å². The molecule has 0 heterocycles. The number of nitrogens with one attached hydrogen (secondary N) is 1. The van der Waals surface area contributed by atoms with Gasteiger partial charge in [0.05, 0.1) is 6.61 Å². The maximum Gasteiger partial charge on any atom is 0.340 e. The first kappa shape index (κ1) is 18.0. The molecular weight excluding hydrogens is 298 g/mol. The average Bonchev–Trinajstić information content (AvgIpc) is 2.55. The van der Waals surface area contributed by atoms with Crippen molar-refractivity contribution < 1.29 is 24.5 Å². The summed E-state index contributed by atoms with van der Waals surface area (Å²) in [6, 6.07) is 11.8. The quantitative estimate of drug-likeness (QED) is 0.734. The van der Waals surface area contributed by atoms with E-state index in [9.17, 15) is 9.59 Å². The zero-order valence-corrected chi connectivity index (χ0v) is 12.9. The van der Waals surface area contributed by atoms with E-state index in [1.807, 2.05) is 38.2 Å². The molecule has 0 aliphatic carbocycles. The molecule has 0 aliphatic rings. The molecule has 0 saturated carbocycles. The molecule has 6 heteroatoms. The first-order valence-corrected chi connectivity index (χ1v) is 6.94. The van der Waals surface area contributed by atoms with Gasteiger partial charge in [-0.1, -0.05) is 12.1 Å². The SMILES string of the molecule is CCOc1ccc(NC)cc1.O=Cc1cccc(O)c1C(=O)O. The predicted octanol–water partition coefficient (Wildman–Crippen LogP) is 3.03. The molecule has 23 heavy (non-hydrogen) atoms. The molecule has 0 amide bonds. The lowest BCUT2D eigenvalue weighted by Crippen LogP contribution is -2.01. The third-order valence-electron chi connectivity index (χ3n) is 2.87. The van der Waals surface area contributed by atoms with Gasteiger partial charge < -0.3 is 20.3 Å². The van der Waals surface area contributed by atoms with Crippen LogP contribution in [0.4, 0.5) is 5.69 Å². The van der Waals surface area contributed by atoms with E-state index in [0.717, 1.165) is 18.0 Å². The first-order chi connectivity index (χ1) is 11.0. The largest absolute Gasteiger partial charge is 0.507 e. The zero-order valence-electron chi connectivity index (χ0n) is 12.9. The summed E-state index contributed by atoms with van der Waals surface area (Å²) in [4.78, 5) is 20.8. The summed E-state index contributed by atoms with van der Waals surface area (Å²) in [5.41, 5.74) is 0.725. The van der Waals surface area contributed by atoms with Crippen molar-refractivity contribution in [1.82, 2.24) is 0 Å². The van der Waals surface area contributed by atoms with E-state index in [1.165, 1.54) is 18.2 Å². The van der Waals surface area contributed by atoms with Gasteiger partial charge in [-0.15, -0.1) is 0 Å². The van der Waals surface area contributed by atoms with Gasteiger partial charge in [0, 0.05) is 18.3 Å². The van der Waals surface area contributed by atoms with Crippen LogP contribution in [-0.4, -0.2) is 36.1 Å². The summed E-state index contributed by atoms with van der Waals surface area (Å²) >= 11 is 0. The topological polar surface area (TPSA) is 95.9 Å². The van der Waals surface area contributed by atoms with Crippen LogP contribution in [0.2, 0.25) is 0 Å². The normalized spacial score (nSPS) is 9.30. The van der Waals surface area contributed by atoms with Crippen LogP contribution in [0.3, 0.4) is 0 Å². The summed E-state index contributed by atoms with van der Waals surface area (Å²) in [7, 11) is 1.90. The van der Waals surface area contributed by atoms with E-state index < -0.39 is 11.7 Å². The number of aldehydes is 1. The second kappa shape index (κ2) is 9.09. The third kappa shape index (κ3) is 5.35. The molecule has 0 atom stereocenters. The number of anilines is 1. The molecule has 2 aromatic carbocycles. The number of phenols is 1. The van der Waals surface area contributed by atoms with Gasteiger partial charge in [0.2, 0.25) is 0 Å². The van der Waals surface area contributed by atoms with Crippen molar-refractivity contribution in [3.63, 3.8) is 0 Å². The van der Waals surface area contributed by atoms with E-state index >= 15 is 0 Å². The van der Waals surface area contributed by atoms with Crippen LogP contribution < -0.4 is 10.1 Å². The summed E-state index contributed by atoms with van der Waals surface area (Å²) in [6.45, 7) is 2.70. The monoisotopic (exact) mass is 317 g/mol. The number of rotatable bonds is 5. The standard InChI is InChI=1S/C9H13NO.C8H6O4/c1-3-11-9-6-4-8(10-2)5-7-9;9-4-5-2-1-3-6(10)7(5)8(11)12/h4-7,10H,3H2,1-2H3;1-4,10H,(H,11,12).